The van der Waals surface area contributed by atoms with Gasteiger partial charge in [0.25, 0.3) is 0 Å². The maximum atomic E-state index is 2.57. The highest BCUT2D eigenvalue weighted by atomic mass is 14.4. The largest absolute Gasteiger partial charge is 0.223 e. The average molecular weight is 221 g/mol. The molecule has 0 saturated heterocycles. The van der Waals surface area contributed by atoms with E-state index in [1.807, 2.05) is 0 Å². The Balaban J connectivity index is 2.84. The molecule has 16 heavy (non-hydrogen) atoms. The summed E-state index contributed by atoms with van der Waals surface area (Å²) in [6.45, 7) is 16.4. The third kappa shape index (κ3) is 2.84. The quantitative estimate of drug-likeness (QED) is 0.579. The summed E-state index contributed by atoms with van der Waals surface area (Å²) >= 11 is 0. The first-order chi connectivity index (χ1) is 7.34. The van der Waals surface area contributed by atoms with Crippen LogP contribution in [0.4, 0.5) is 0 Å². The van der Waals surface area contributed by atoms with Gasteiger partial charge < -0.3 is 0 Å². The topological polar surface area (TPSA) is 0 Å². The van der Waals surface area contributed by atoms with E-state index in [4.69, 9.17) is 0 Å². The monoisotopic (exact) mass is 221 g/mol. The van der Waals surface area contributed by atoms with Crippen LogP contribution in [0.5, 0.6) is 0 Å². The lowest BCUT2D eigenvalue weighted by Gasteiger charge is -2.33. The van der Waals surface area contributed by atoms with Gasteiger partial charge in [-0.1, -0.05) is 52.9 Å². The second kappa shape index (κ2) is 5.29. The second-order valence-electron chi connectivity index (χ2n) is 6.48. The smallest absolute Gasteiger partial charge is 0.0449 e. The van der Waals surface area contributed by atoms with Crippen LogP contribution in [-0.4, -0.2) is 0 Å². The molecular formula is C16H29-. The molecule has 94 valence electrons. The lowest BCUT2D eigenvalue weighted by molar-refractivity contribution is 0.209. The minimum absolute atomic E-state index is 0.791. The Bertz CT molecular complexity index is 245. The van der Waals surface area contributed by atoms with Crippen LogP contribution in [0.3, 0.4) is 0 Å². The van der Waals surface area contributed by atoms with E-state index in [-0.39, 0.29) is 0 Å². The number of rotatable bonds is 4. The van der Waals surface area contributed by atoms with Gasteiger partial charge in [-0.25, -0.2) is 17.6 Å². The van der Waals surface area contributed by atoms with Crippen molar-refractivity contribution in [2.75, 3.05) is 0 Å². The molecular weight excluding hydrogens is 192 g/mol. The molecule has 0 heteroatoms. The Morgan fingerprint density at radius 2 is 1.69 bits per heavy atom. The highest BCUT2D eigenvalue weighted by molar-refractivity contribution is 5.27. The summed E-state index contributed by atoms with van der Waals surface area (Å²) in [5.74, 6) is 5.58. The summed E-state index contributed by atoms with van der Waals surface area (Å²) in [6.07, 6.45) is 3.88. The van der Waals surface area contributed by atoms with Gasteiger partial charge in [0.2, 0.25) is 0 Å². The van der Waals surface area contributed by atoms with Gasteiger partial charge in [0.15, 0.2) is 0 Å². The lowest BCUT2D eigenvalue weighted by Crippen LogP contribution is -2.24. The molecule has 1 aliphatic carbocycles. The zero-order valence-electron chi connectivity index (χ0n) is 12.2. The van der Waals surface area contributed by atoms with Crippen LogP contribution in [-0.2, 0) is 0 Å². The van der Waals surface area contributed by atoms with Crippen LogP contribution in [0, 0.1) is 35.5 Å². The molecule has 3 atom stereocenters. The van der Waals surface area contributed by atoms with Crippen molar-refractivity contribution in [2.24, 2.45) is 29.6 Å². The number of allylic oxidation sites excluding steroid dienone is 2. The van der Waals surface area contributed by atoms with Crippen LogP contribution in [0.1, 0.15) is 54.9 Å². The van der Waals surface area contributed by atoms with Crippen molar-refractivity contribution in [3.8, 4) is 0 Å². The summed E-state index contributed by atoms with van der Waals surface area (Å²) in [4.78, 5) is 0. The SMILES string of the molecule is C[C-](C)C1=CC(C(C)C(C)C)C(C(C)C)C1. The molecule has 0 spiro atoms. The van der Waals surface area contributed by atoms with Crippen molar-refractivity contribution >= 4 is 0 Å². The van der Waals surface area contributed by atoms with E-state index in [1.54, 1.807) is 5.57 Å². The van der Waals surface area contributed by atoms with Gasteiger partial charge in [0.05, 0.1) is 0 Å². The van der Waals surface area contributed by atoms with E-state index in [1.165, 1.54) is 12.3 Å². The van der Waals surface area contributed by atoms with Gasteiger partial charge in [-0.2, -0.15) is 0 Å². The molecule has 0 saturated carbocycles. The van der Waals surface area contributed by atoms with E-state index in [0.29, 0.717) is 0 Å². The molecule has 0 aromatic carbocycles. The molecule has 1 aliphatic rings. The predicted octanol–water partition coefficient (Wildman–Crippen LogP) is 5.11. The van der Waals surface area contributed by atoms with Crippen LogP contribution < -0.4 is 0 Å². The maximum absolute atomic E-state index is 2.57. The van der Waals surface area contributed by atoms with Crippen LogP contribution in [0.2, 0.25) is 0 Å². The normalized spacial score (nSPS) is 27.4. The van der Waals surface area contributed by atoms with Crippen LogP contribution in [0.25, 0.3) is 0 Å². The van der Waals surface area contributed by atoms with E-state index in [2.05, 4.69) is 54.5 Å². The molecule has 0 bridgehead atoms. The van der Waals surface area contributed by atoms with Crippen molar-refractivity contribution in [1.29, 1.82) is 0 Å². The Morgan fingerprint density at radius 3 is 2.06 bits per heavy atom. The molecule has 3 unspecified atom stereocenters. The van der Waals surface area contributed by atoms with Crippen molar-refractivity contribution < 1.29 is 0 Å². The fourth-order valence-electron chi connectivity index (χ4n) is 2.85. The molecule has 0 heterocycles. The van der Waals surface area contributed by atoms with Gasteiger partial charge >= 0.3 is 0 Å². The van der Waals surface area contributed by atoms with Gasteiger partial charge in [-0.3, -0.25) is 0 Å². The minimum atomic E-state index is 0.791. The third-order valence-corrected chi connectivity index (χ3v) is 4.50. The summed E-state index contributed by atoms with van der Waals surface area (Å²) in [7, 11) is 0. The lowest BCUT2D eigenvalue weighted by atomic mass is 9.75. The minimum Gasteiger partial charge on any atom is -0.223 e. The maximum Gasteiger partial charge on any atom is -0.0449 e. The first-order valence-corrected chi connectivity index (χ1v) is 6.85. The third-order valence-electron chi connectivity index (χ3n) is 4.50. The highest BCUT2D eigenvalue weighted by Crippen LogP contribution is 2.44. The molecule has 0 aromatic heterocycles. The molecule has 0 N–H and O–H groups in total. The zero-order chi connectivity index (χ0) is 12.5. The van der Waals surface area contributed by atoms with Crippen molar-refractivity contribution in [3.05, 3.63) is 17.6 Å². The predicted molar refractivity (Wildman–Crippen MR) is 73.1 cm³/mol. The highest BCUT2D eigenvalue weighted by Gasteiger charge is 2.30. The van der Waals surface area contributed by atoms with E-state index in [9.17, 15) is 0 Å². The molecule has 0 amide bonds. The Morgan fingerprint density at radius 1 is 1.12 bits per heavy atom. The zero-order valence-corrected chi connectivity index (χ0v) is 12.2. The van der Waals surface area contributed by atoms with Crippen LogP contribution >= 0.6 is 0 Å². The molecule has 0 fully saturated rings. The average Bonchev–Trinajstić information content (AvgIpc) is 2.60. The van der Waals surface area contributed by atoms with E-state index in [0.717, 1.165) is 29.6 Å². The van der Waals surface area contributed by atoms with Crippen molar-refractivity contribution in [3.63, 3.8) is 0 Å². The first-order valence-electron chi connectivity index (χ1n) is 6.85. The second-order valence-corrected chi connectivity index (χ2v) is 6.48. The number of hydrogen-bond donors (Lipinski definition) is 0. The summed E-state index contributed by atoms with van der Waals surface area (Å²) in [6, 6.07) is 0. The van der Waals surface area contributed by atoms with E-state index >= 15 is 0 Å². The molecule has 0 nitrogen and oxygen atoms in total. The molecule has 0 aromatic rings. The summed E-state index contributed by atoms with van der Waals surface area (Å²) < 4.78 is 0. The molecule has 0 aliphatic heterocycles. The van der Waals surface area contributed by atoms with Crippen LogP contribution in [0.15, 0.2) is 11.6 Å². The fourth-order valence-corrected chi connectivity index (χ4v) is 2.85. The fraction of sp³-hybridized carbons (Fsp3) is 0.812. The van der Waals surface area contributed by atoms with Crippen molar-refractivity contribution in [1.82, 2.24) is 0 Å². The Kier molecular flexibility index (Phi) is 4.52. The Hall–Kier alpha value is -0.390. The molecule has 1 rings (SSSR count). The standard InChI is InChI=1S/C16H29/c1-10(2)13(7)16-9-14(11(3)4)8-15(16)12(5)6/h9-10,12-13,15-16H,8H2,1-7H3/q-1. The van der Waals surface area contributed by atoms with Gasteiger partial charge in [-0.15, -0.1) is 13.8 Å². The molecule has 0 radical (unpaired) electrons. The summed E-state index contributed by atoms with van der Waals surface area (Å²) in [5.41, 5.74) is 1.62. The first kappa shape index (κ1) is 13.7. The van der Waals surface area contributed by atoms with Gasteiger partial charge in [0, 0.05) is 0 Å². The van der Waals surface area contributed by atoms with E-state index < -0.39 is 0 Å². The summed E-state index contributed by atoms with van der Waals surface area (Å²) in [5, 5.41) is 0. The van der Waals surface area contributed by atoms with Gasteiger partial charge in [-0.05, 0) is 17.8 Å². The number of hydrogen-bond acceptors (Lipinski definition) is 0. The van der Waals surface area contributed by atoms with Crippen molar-refractivity contribution in [2.45, 2.75) is 54.9 Å². The van der Waals surface area contributed by atoms with Gasteiger partial charge in [0.1, 0.15) is 0 Å². The Labute approximate surface area is 103 Å².